The molecule has 0 aliphatic carbocycles. The summed E-state index contributed by atoms with van der Waals surface area (Å²) in [4.78, 5) is 27.6. The first-order valence-corrected chi connectivity index (χ1v) is 9.55. The van der Waals surface area contributed by atoms with Crippen LogP contribution in [0.2, 0.25) is 0 Å². The monoisotopic (exact) mass is 391 g/mol. The van der Waals surface area contributed by atoms with Gasteiger partial charge in [-0.25, -0.2) is 9.97 Å². The molecule has 0 aliphatic heterocycles. The van der Waals surface area contributed by atoms with Crippen LogP contribution in [0.4, 0.5) is 11.5 Å². The van der Waals surface area contributed by atoms with Crippen LogP contribution < -0.4 is 15.0 Å². The summed E-state index contributed by atoms with van der Waals surface area (Å²) in [7, 11) is 1.95. The molecule has 2 aromatic heterocycles. The lowest BCUT2D eigenvalue weighted by Gasteiger charge is -2.19. The second-order valence-corrected chi connectivity index (χ2v) is 6.57. The van der Waals surface area contributed by atoms with E-state index in [9.17, 15) is 4.79 Å². The largest absolute Gasteiger partial charge is 0.492 e. The van der Waals surface area contributed by atoms with Crippen molar-refractivity contribution in [3.63, 3.8) is 0 Å². The number of anilines is 2. The molecule has 0 fully saturated rings. The number of para-hydroxylation sites is 2. The van der Waals surface area contributed by atoms with Gasteiger partial charge in [0.15, 0.2) is 0 Å². The highest BCUT2D eigenvalue weighted by Gasteiger charge is 2.15. The van der Waals surface area contributed by atoms with Crippen LogP contribution in [0.25, 0.3) is 0 Å². The molecule has 7 heteroatoms. The zero-order valence-electron chi connectivity index (χ0n) is 16.9. The van der Waals surface area contributed by atoms with Gasteiger partial charge in [-0.3, -0.25) is 9.78 Å². The Bertz CT molecular complexity index is 962. The van der Waals surface area contributed by atoms with Gasteiger partial charge in [-0.15, -0.1) is 0 Å². The van der Waals surface area contributed by atoms with Crippen LogP contribution in [0.3, 0.4) is 0 Å². The van der Waals surface area contributed by atoms with Crippen molar-refractivity contribution in [1.82, 2.24) is 15.0 Å². The maximum Gasteiger partial charge on any atom is 0.274 e. The lowest BCUT2D eigenvalue weighted by molar-refractivity contribution is 0.102. The Morgan fingerprint density at radius 3 is 2.66 bits per heavy atom. The predicted octanol–water partition coefficient (Wildman–Crippen LogP) is 3.51. The molecule has 0 unspecified atom stereocenters. The summed E-state index contributed by atoms with van der Waals surface area (Å²) in [5.74, 6) is 1.58. The smallest absolute Gasteiger partial charge is 0.274 e. The number of ether oxygens (including phenoxy) is 1. The van der Waals surface area contributed by atoms with E-state index in [1.165, 1.54) is 5.56 Å². The fourth-order valence-corrected chi connectivity index (χ4v) is 2.86. The number of likely N-dealkylation sites (N-methyl/N-ethyl adjacent to an activating group) is 1. The first kappa shape index (κ1) is 20.3. The van der Waals surface area contributed by atoms with Gasteiger partial charge in [0.1, 0.15) is 23.1 Å². The molecule has 0 radical (unpaired) electrons. The van der Waals surface area contributed by atoms with E-state index < -0.39 is 0 Å². The Labute approximate surface area is 170 Å². The van der Waals surface area contributed by atoms with E-state index in [4.69, 9.17) is 4.74 Å². The molecule has 7 nitrogen and oxygen atoms in total. The van der Waals surface area contributed by atoms with Gasteiger partial charge in [0.05, 0.1) is 12.3 Å². The molecule has 3 rings (SSSR count). The topological polar surface area (TPSA) is 80.2 Å². The second-order valence-electron chi connectivity index (χ2n) is 6.57. The average Bonchev–Trinajstić information content (AvgIpc) is 2.74. The molecule has 1 N–H and O–H groups in total. The van der Waals surface area contributed by atoms with Gasteiger partial charge in [-0.2, -0.15) is 0 Å². The van der Waals surface area contributed by atoms with E-state index in [2.05, 4.69) is 20.3 Å². The van der Waals surface area contributed by atoms with Crippen molar-refractivity contribution in [3.8, 4) is 5.75 Å². The summed E-state index contributed by atoms with van der Waals surface area (Å²) >= 11 is 0. The Morgan fingerprint density at radius 1 is 1.14 bits per heavy atom. The van der Waals surface area contributed by atoms with Crippen LogP contribution in [0.5, 0.6) is 5.75 Å². The van der Waals surface area contributed by atoms with Crippen LogP contribution in [0.1, 0.15) is 28.8 Å². The third-order valence-corrected chi connectivity index (χ3v) is 4.37. The van der Waals surface area contributed by atoms with Gasteiger partial charge in [0.25, 0.3) is 5.91 Å². The van der Waals surface area contributed by atoms with Crippen LogP contribution in [-0.2, 0) is 6.42 Å². The van der Waals surface area contributed by atoms with E-state index in [0.29, 0.717) is 35.4 Å². The zero-order chi connectivity index (χ0) is 20.6. The van der Waals surface area contributed by atoms with Crippen molar-refractivity contribution >= 4 is 17.4 Å². The van der Waals surface area contributed by atoms with Gasteiger partial charge in [0.2, 0.25) is 0 Å². The van der Waals surface area contributed by atoms with Gasteiger partial charge in [-0.1, -0.05) is 12.1 Å². The lowest BCUT2D eigenvalue weighted by atomic mass is 10.2. The number of amides is 1. The SMILES string of the molecule is CCOc1ccccc1NC(=O)c1cc(N(C)CCc2ccncc2)nc(C)n1. The molecule has 0 spiro atoms. The van der Waals surface area contributed by atoms with Gasteiger partial charge < -0.3 is 15.0 Å². The third-order valence-electron chi connectivity index (χ3n) is 4.37. The molecule has 29 heavy (non-hydrogen) atoms. The minimum Gasteiger partial charge on any atom is -0.492 e. The number of hydrogen-bond donors (Lipinski definition) is 1. The lowest BCUT2D eigenvalue weighted by Crippen LogP contribution is -2.23. The first-order chi connectivity index (χ1) is 14.1. The molecule has 0 bridgehead atoms. The summed E-state index contributed by atoms with van der Waals surface area (Å²) in [6.45, 7) is 4.96. The standard InChI is InChI=1S/C22H25N5O2/c1-4-29-20-8-6-5-7-18(20)26-22(28)19-15-21(25-16(2)24-19)27(3)14-11-17-9-12-23-13-10-17/h5-10,12-13,15H,4,11,14H2,1-3H3,(H,26,28). The fraction of sp³-hybridized carbons (Fsp3) is 0.273. The summed E-state index contributed by atoms with van der Waals surface area (Å²) in [5, 5.41) is 2.88. The predicted molar refractivity (Wildman–Crippen MR) is 114 cm³/mol. The zero-order valence-corrected chi connectivity index (χ0v) is 16.9. The van der Waals surface area contributed by atoms with Gasteiger partial charge in [-0.05, 0) is 50.1 Å². The molecule has 0 saturated heterocycles. The van der Waals surface area contributed by atoms with E-state index in [0.717, 1.165) is 13.0 Å². The number of hydrogen-bond acceptors (Lipinski definition) is 6. The number of aryl methyl sites for hydroxylation is 1. The van der Waals surface area contributed by atoms with Crippen LogP contribution in [0.15, 0.2) is 54.9 Å². The number of rotatable bonds is 8. The minimum absolute atomic E-state index is 0.300. The molecule has 0 atom stereocenters. The molecule has 0 aliphatic rings. The first-order valence-electron chi connectivity index (χ1n) is 9.55. The number of aromatic nitrogens is 3. The Balaban J connectivity index is 1.73. The van der Waals surface area contributed by atoms with Crippen LogP contribution in [0, 0.1) is 6.92 Å². The number of pyridine rings is 1. The molecule has 2 heterocycles. The maximum atomic E-state index is 12.8. The summed E-state index contributed by atoms with van der Waals surface area (Å²) in [6, 6.07) is 13.0. The average molecular weight is 391 g/mol. The van der Waals surface area contributed by atoms with Gasteiger partial charge >= 0.3 is 0 Å². The summed E-state index contributed by atoms with van der Waals surface area (Å²) in [5.41, 5.74) is 2.13. The van der Waals surface area contributed by atoms with Crippen molar-refractivity contribution in [2.45, 2.75) is 20.3 Å². The number of carbonyl (C=O) groups excluding carboxylic acids is 1. The number of benzene rings is 1. The van der Waals surface area contributed by atoms with Crippen molar-refractivity contribution in [2.24, 2.45) is 0 Å². The van der Waals surface area contributed by atoms with Crippen molar-refractivity contribution in [1.29, 1.82) is 0 Å². The molecule has 1 amide bonds. The number of nitrogens with one attached hydrogen (secondary N) is 1. The molecule has 0 saturated carbocycles. The number of nitrogens with zero attached hydrogens (tertiary/aromatic N) is 4. The van der Waals surface area contributed by atoms with Gasteiger partial charge in [0, 0.05) is 32.1 Å². The third kappa shape index (κ3) is 5.51. The molecule has 3 aromatic rings. The normalized spacial score (nSPS) is 10.4. The summed E-state index contributed by atoms with van der Waals surface area (Å²) < 4.78 is 5.57. The highest BCUT2D eigenvalue weighted by atomic mass is 16.5. The molecular weight excluding hydrogens is 366 g/mol. The Hall–Kier alpha value is -3.48. The molecule has 150 valence electrons. The maximum absolute atomic E-state index is 12.8. The number of carbonyl (C=O) groups is 1. The van der Waals surface area contributed by atoms with Crippen LogP contribution >= 0.6 is 0 Å². The minimum atomic E-state index is -0.300. The second kappa shape index (κ2) is 9.64. The summed E-state index contributed by atoms with van der Waals surface area (Å²) in [6.07, 6.45) is 4.42. The highest BCUT2D eigenvalue weighted by molar-refractivity contribution is 6.04. The molecular formula is C22H25N5O2. The highest BCUT2D eigenvalue weighted by Crippen LogP contribution is 2.24. The van der Waals surface area contributed by atoms with Crippen LogP contribution in [-0.4, -0.2) is 41.1 Å². The Kier molecular flexibility index (Phi) is 6.73. The van der Waals surface area contributed by atoms with E-state index in [1.54, 1.807) is 31.5 Å². The fourth-order valence-electron chi connectivity index (χ4n) is 2.86. The molecule has 1 aromatic carbocycles. The van der Waals surface area contributed by atoms with Crippen molar-refractivity contribution < 1.29 is 9.53 Å². The van der Waals surface area contributed by atoms with E-state index >= 15 is 0 Å². The van der Waals surface area contributed by atoms with E-state index in [1.807, 2.05) is 49.2 Å². The van der Waals surface area contributed by atoms with Crippen molar-refractivity contribution in [2.75, 3.05) is 30.4 Å². The quantitative estimate of drug-likeness (QED) is 0.633. The van der Waals surface area contributed by atoms with E-state index in [-0.39, 0.29) is 5.91 Å². The Morgan fingerprint density at radius 2 is 1.90 bits per heavy atom. The van der Waals surface area contributed by atoms with Crippen molar-refractivity contribution in [3.05, 3.63) is 71.9 Å².